The van der Waals surface area contributed by atoms with E-state index in [-0.39, 0.29) is 53.7 Å². The number of aliphatic hydroxyl groups is 1. The number of aromatic nitrogens is 2. The van der Waals surface area contributed by atoms with Crippen LogP contribution in [-0.4, -0.2) is 89.0 Å². The number of carbonyl (C=O) groups is 2. The zero-order chi connectivity index (χ0) is 37.4. The second-order valence-electron chi connectivity index (χ2n) is 16.3. The number of phenolic OH excluding ortho intramolecular Hbond substituents is 1. The van der Waals surface area contributed by atoms with Crippen molar-refractivity contribution in [2.24, 2.45) is 29.6 Å². The molecule has 9 atom stereocenters. The van der Waals surface area contributed by atoms with Gasteiger partial charge in [0, 0.05) is 64.4 Å². The summed E-state index contributed by atoms with van der Waals surface area (Å²) in [4.78, 5) is 39.0. The van der Waals surface area contributed by atoms with Crippen molar-refractivity contribution in [3.8, 4) is 5.75 Å². The SMILES string of the molecule is CCC1CN2CCc3c([nH]c4ccc(C5C6CCC(O)C(C(=O)OC)C6CC6c7[nH]c8ccccc8c7CCN65)c(O)c34)C2CC1C(=COC)C(=O)OC. The third kappa shape index (κ3) is 5.33. The molecule has 1 saturated carbocycles. The van der Waals surface area contributed by atoms with E-state index in [9.17, 15) is 19.8 Å². The molecule has 5 aliphatic rings. The molecule has 0 spiro atoms. The number of hydrogen-bond donors (Lipinski definition) is 4. The normalized spacial score (nSPS) is 31.2. The quantitative estimate of drug-likeness (QED) is 0.103. The number of aromatic amines is 2. The third-order valence-corrected chi connectivity index (χ3v) is 14.1. The minimum atomic E-state index is -0.766. The van der Waals surface area contributed by atoms with E-state index in [1.807, 2.05) is 0 Å². The summed E-state index contributed by atoms with van der Waals surface area (Å²) in [6.07, 6.45) is 6.15. The van der Waals surface area contributed by atoms with Crippen LogP contribution in [0.15, 0.2) is 48.2 Å². The molecule has 2 aromatic carbocycles. The number of methoxy groups -OCH3 is 3. The Balaban J connectivity index is 1.14. The fourth-order valence-electron chi connectivity index (χ4n) is 11.7. The Kier molecular flexibility index (Phi) is 9.02. The van der Waals surface area contributed by atoms with Crippen molar-refractivity contribution in [1.82, 2.24) is 19.8 Å². The number of rotatable bonds is 6. The van der Waals surface area contributed by atoms with E-state index < -0.39 is 12.0 Å². The van der Waals surface area contributed by atoms with Gasteiger partial charge in [-0.15, -0.1) is 0 Å². The summed E-state index contributed by atoms with van der Waals surface area (Å²) in [5, 5.41) is 26.0. The Morgan fingerprint density at radius 2 is 1.69 bits per heavy atom. The van der Waals surface area contributed by atoms with Gasteiger partial charge in [-0.3, -0.25) is 14.6 Å². The summed E-state index contributed by atoms with van der Waals surface area (Å²) in [6, 6.07) is 12.5. The van der Waals surface area contributed by atoms with Crippen molar-refractivity contribution in [3.05, 3.63) is 76.3 Å². The molecule has 4 aliphatic heterocycles. The summed E-state index contributed by atoms with van der Waals surface area (Å²) in [5.41, 5.74) is 8.23. The largest absolute Gasteiger partial charge is 0.507 e. The van der Waals surface area contributed by atoms with Crippen molar-refractivity contribution in [2.45, 2.75) is 76.1 Å². The van der Waals surface area contributed by atoms with E-state index >= 15 is 0 Å². The van der Waals surface area contributed by atoms with E-state index in [0.29, 0.717) is 17.7 Å². The maximum absolute atomic E-state index is 13.4. The molecule has 11 heteroatoms. The van der Waals surface area contributed by atoms with Crippen molar-refractivity contribution in [1.29, 1.82) is 0 Å². The highest BCUT2D eigenvalue weighted by Crippen LogP contribution is 2.58. The fourth-order valence-corrected chi connectivity index (χ4v) is 11.7. The molecular formula is C43H52N4O7. The van der Waals surface area contributed by atoms with Gasteiger partial charge in [0.05, 0.1) is 57.3 Å². The molecule has 1 aliphatic carbocycles. The molecule has 0 radical (unpaired) electrons. The molecule has 0 bridgehead atoms. The van der Waals surface area contributed by atoms with Gasteiger partial charge >= 0.3 is 11.9 Å². The fraction of sp³-hybridized carbons (Fsp3) is 0.535. The molecule has 286 valence electrons. The summed E-state index contributed by atoms with van der Waals surface area (Å²) in [7, 11) is 4.41. The highest BCUT2D eigenvalue weighted by atomic mass is 16.5. The maximum atomic E-state index is 13.4. The number of H-pyrrole nitrogens is 2. The minimum Gasteiger partial charge on any atom is -0.507 e. The molecule has 6 heterocycles. The lowest BCUT2D eigenvalue weighted by molar-refractivity contribution is -0.163. The van der Waals surface area contributed by atoms with Crippen LogP contribution in [0.5, 0.6) is 5.75 Å². The van der Waals surface area contributed by atoms with Gasteiger partial charge in [-0.05, 0) is 85.5 Å². The molecule has 4 N–H and O–H groups in total. The van der Waals surface area contributed by atoms with Gasteiger partial charge in [0.1, 0.15) is 5.75 Å². The lowest BCUT2D eigenvalue weighted by Crippen LogP contribution is -2.54. The van der Waals surface area contributed by atoms with Crippen LogP contribution >= 0.6 is 0 Å². The molecule has 0 amide bonds. The number of aromatic hydroxyl groups is 1. The Hall–Kier alpha value is -4.32. The van der Waals surface area contributed by atoms with Gasteiger partial charge in [-0.2, -0.15) is 0 Å². The average molecular weight is 737 g/mol. The van der Waals surface area contributed by atoms with Crippen molar-refractivity contribution in [2.75, 3.05) is 41.0 Å². The highest BCUT2D eigenvalue weighted by molar-refractivity contribution is 5.92. The van der Waals surface area contributed by atoms with Crippen molar-refractivity contribution in [3.63, 3.8) is 0 Å². The van der Waals surface area contributed by atoms with E-state index in [1.165, 1.54) is 30.9 Å². The summed E-state index contributed by atoms with van der Waals surface area (Å²) >= 11 is 0. The Labute approximate surface area is 315 Å². The number of esters is 2. The lowest BCUT2D eigenvalue weighted by Gasteiger charge is -2.55. The first-order chi connectivity index (χ1) is 26.3. The minimum absolute atomic E-state index is 0.0107. The number of ether oxygens (including phenoxy) is 3. The van der Waals surface area contributed by atoms with Crippen LogP contribution in [0.4, 0.5) is 0 Å². The molecule has 2 saturated heterocycles. The van der Waals surface area contributed by atoms with Gasteiger partial charge in [0.2, 0.25) is 0 Å². The number of nitrogens with zero attached hydrogens (tertiary/aromatic N) is 2. The van der Waals surface area contributed by atoms with Crippen LogP contribution in [0, 0.1) is 29.6 Å². The molecule has 9 rings (SSSR count). The molecule has 11 nitrogen and oxygen atoms in total. The molecule has 54 heavy (non-hydrogen) atoms. The number of benzene rings is 2. The smallest absolute Gasteiger partial charge is 0.337 e. The lowest BCUT2D eigenvalue weighted by atomic mass is 9.61. The number of para-hydroxylation sites is 1. The number of phenols is 1. The van der Waals surface area contributed by atoms with E-state index in [0.717, 1.165) is 91.4 Å². The number of hydrogen-bond acceptors (Lipinski definition) is 9. The number of aliphatic hydroxyl groups excluding tert-OH is 1. The molecule has 4 aromatic rings. The van der Waals surface area contributed by atoms with Crippen LogP contribution < -0.4 is 0 Å². The average Bonchev–Trinajstić information content (AvgIpc) is 3.78. The van der Waals surface area contributed by atoms with Gasteiger partial charge < -0.3 is 34.4 Å². The first-order valence-electron chi connectivity index (χ1n) is 19.8. The zero-order valence-corrected chi connectivity index (χ0v) is 31.6. The molecular weight excluding hydrogens is 684 g/mol. The predicted octanol–water partition coefficient (Wildman–Crippen LogP) is 6.22. The van der Waals surface area contributed by atoms with Gasteiger partial charge in [-0.1, -0.05) is 37.6 Å². The number of piperidine rings is 2. The standard InChI is InChI=1S/C43H52N4O7/c1-5-22-20-46-16-14-26-36-32(45-39(26)33(46)18-28(22)30(21-52-2)42(50)53-3)12-10-27(41(36)49)40-25-11-13-35(48)37(43(51)54-4)29(25)19-34-38-24(15-17-47(34)40)23-8-6-7-9-31(23)44-38/h6-10,12,21-22,25,28-29,33-35,37,40,44-45,48-49H,5,11,13-20H2,1-4H3. The van der Waals surface area contributed by atoms with Gasteiger partial charge in [0.15, 0.2) is 0 Å². The first kappa shape index (κ1) is 35.4. The van der Waals surface area contributed by atoms with Crippen LogP contribution in [0.3, 0.4) is 0 Å². The van der Waals surface area contributed by atoms with Gasteiger partial charge in [-0.25, -0.2) is 4.79 Å². The predicted molar refractivity (Wildman–Crippen MR) is 204 cm³/mol. The number of fused-ring (bicyclic) bond motifs is 11. The molecule has 9 unspecified atom stereocenters. The van der Waals surface area contributed by atoms with Crippen molar-refractivity contribution >= 4 is 33.7 Å². The zero-order valence-electron chi connectivity index (χ0n) is 31.6. The molecule has 2 aromatic heterocycles. The number of carbonyl (C=O) groups excluding carboxylic acids is 2. The Bertz CT molecular complexity index is 2140. The van der Waals surface area contributed by atoms with Gasteiger partial charge in [0.25, 0.3) is 0 Å². The third-order valence-electron chi connectivity index (χ3n) is 14.1. The summed E-state index contributed by atoms with van der Waals surface area (Å²) < 4.78 is 15.9. The second kappa shape index (κ2) is 13.8. The van der Waals surface area contributed by atoms with E-state index in [4.69, 9.17) is 14.2 Å². The van der Waals surface area contributed by atoms with E-state index in [2.05, 4.69) is 63.1 Å². The van der Waals surface area contributed by atoms with Crippen LogP contribution in [0.25, 0.3) is 21.8 Å². The van der Waals surface area contributed by atoms with Crippen LogP contribution in [0.1, 0.15) is 85.2 Å². The van der Waals surface area contributed by atoms with Crippen LogP contribution in [0.2, 0.25) is 0 Å². The van der Waals surface area contributed by atoms with Crippen molar-refractivity contribution < 1.29 is 34.0 Å². The summed E-state index contributed by atoms with van der Waals surface area (Å²) in [5.74, 6) is -0.851. The number of nitrogens with one attached hydrogen (secondary N) is 2. The van der Waals surface area contributed by atoms with E-state index in [1.54, 1.807) is 13.4 Å². The Morgan fingerprint density at radius 1 is 0.907 bits per heavy atom. The topological polar surface area (TPSA) is 140 Å². The Morgan fingerprint density at radius 3 is 2.46 bits per heavy atom. The first-order valence-corrected chi connectivity index (χ1v) is 19.8. The molecule has 3 fully saturated rings. The maximum Gasteiger partial charge on any atom is 0.337 e. The summed E-state index contributed by atoms with van der Waals surface area (Å²) in [6.45, 7) is 4.74. The second-order valence-corrected chi connectivity index (χ2v) is 16.3. The monoisotopic (exact) mass is 736 g/mol. The highest BCUT2D eigenvalue weighted by Gasteiger charge is 2.55. The van der Waals surface area contributed by atoms with Crippen LogP contribution in [-0.2, 0) is 36.6 Å².